The summed E-state index contributed by atoms with van der Waals surface area (Å²) in [5, 5.41) is 16.7. The third kappa shape index (κ3) is 1.66. The van der Waals surface area contributed by atoms with Gasteiger partial charge in [0.1, 0.15) is 17.5 Å². The van der Waals surface area contributed by atoms with Gasteiger partial charge >= 0.3 is 0 Å². The van der Waals surface area contributed by atoms with E-state index in [2.05, 4.69) is 22.4 Å². The van der Waals surface area contributed by atoms with Crippen LogP contribution in [0.3, 0.4) is 0 Å². The molecule has 18 heavy (non-hydrogen) atoms. The Morgan fingerprint density at radius 1 is 1.28 bits per heavy atom. The van der Waals surface area contributed by atoms with Crippen molar-refractivity contribution < 1.29 is 0 Å². The standard InChI is InChI=1S/C14H11N3S/c1-9-6-7-18-14(9)17-13-11(8-15)10-4-2-3-5-12(10)16-13/h2-7,16-17H,1H3. The number of fused-ring (bicyclic) bond motifs is 1. The molecule has 0 aliphatic heterocycles. The minimum atomic E-state index is 0.665. The van der Waals surface area contributed by atoms with Crippen LogP contribution in [0.5, 0.6) is 0 Å². The molecule has 0 amide bonds. The van der Waals surface area contributed by atoms with Gasteiger partial charge in [0.15, 0.2) is 0 Å². The van der Waals surface area contributed by atoms with Crippen LogP contribution in [0.2, 0.25) is 0 Å². The highest BCUT2D eigenvalue weighted by Crippen LogP contribution is 2.31. The third-order valence-electron chi connectivity index (χ3n) is 2.92. The van der Waals surface area contributed by atoms with E-state index in [-0.39, 0.29) is 0 Å². The third-order valence-corrected chi connectivity index (χ3v) is 3.85. The molecule has 3 aromatic rings. The zero-order valence-electron chi connectivity index (χ0n) is 9.82. The van der Waals surface area contributed by atoms with Crippen molar-refractivity contribution in [3.05, 3.63) is 46.8 Å². The van der Waals surface area contributed by atoms with Gasteiger partial charge in [-0.25, -0.2) is 0 Å². The molecule has 4 heteroatoms. The number of anilines is 2. The fourth-order valence-electron chi connectivity index (χ4n) is 1.97. The summed E-state index contributed by atoms with van der Waals surface area (Å²) in [6, 6.07) is 12.1. The van der Waals surface area contributed by atoms with Crippen LogP contribution < -0.4 is 5.32 Å². The molecule has 0 unspecified atom stereocenters. The molecule has 0 fully saturated rings. The maximum absolute atomic E-state index is 9.30. The molecule has 1 aromatic carbocycles. The van der Waals surface area contributed by atoms with Gasteiger partial charge in [-0.1, -0.05) is 18.2 Å². The molecule has 2 aromatic heterocycles. The second kappa shape index (κ2) is 4.21. The average molecular weight is 253 g/mol. The van der Waals surface area contributed by atoms with Crippen molar-refractivity contribution in [2.24, 2.45) is 0 Å². The second-order valence-electron chi connectivity index (χ2n) is 4.09. The number of hydrogen-bond donors (Lipinski definition) is 2. The van der Waals surface area contributed by atoms with Crippen LogP contribution in [0, 0.1) is 18.3 Å². The lowest BCUT2D eigenvalue weighted by Gasteiger charge is -2.02. The first-order chi connectivity index (χ1) is 8.79. The monoisotopic (exact) mass is 253 g/mol. The number of hydrogen-bond acceptors (Lipinski definition) is 3. The molecule has 3 rings (SSSR count). The maximum Gasteiger partial charge on any atom is 0.127 e. The van der Waals surface area contributed by atoms with Crippen molar-refractivity contribution in [1.82, 2.24) is 4.98 Å². The highest BCUT2D eigenvalue weighted by atomic mass is 32.1. The maximum atomic E-state index is 9.30. The molecule has 0 aliphatic rings. The molecule has 0 aliphatic carbocycles. The Morgan fingerprint density at radius 3 is 2.83 bits per heavy atom. The fourth-order valence-corrected chi connectivity index (χ4v) is 2.79. The lowest BCUT2D eigenvalue weighted by molar-refractivity contribution is 1.40. The number of benzene rings is 1. The van der Waals surface area contributed by atoms with Crippen molar-refractivity contribution in [1.29, 1.82) is 5.26 Å². The number of aromatic amines is 1. The lowest BCUT2D eigenvalue weighted by Crippen LogP contribution is -1.91. The van der Waals surface area contributed by atoms with Gasteiger partial charge in [-0.15, -0.1) is 11.3 Å². The van der Waals surface area contributed by atoms with Crippen molar-refractivity contribution in [3.8, 4) is 6.07 Å². The van der Waals surface area contributed by atoms with Gasteiger partial charge in [0.05, 0.1) is 5.00 Å². The molecule has 2 heterocycles. The van der Waals surface area contributed by atoms with Gasteiger partial charge in [0.25, 0.3) is 0 Å². The summed E-state index contributed by atoms with van der Waals surface area (Å²) in [6.07, 6.45) is 0. The van der Waals surface area contributed by atoms with Gasteiger partial charge in [0, 0.05) is 10.9 Å². The molecule has 0 bridgehead atoms. The first kappa shape index (κ1) is 10.9. The van der Waals surface area contributed by atoms with Crippen LogP contribution in [0.1, 0.15) is 11.1 Å². The number of nitrogens with one attached hydrogen (secondary N) is 2. The normalized spacial score (nSPS) is 10.4. The van der Waals surface area contributed by atoms with Crippen molar-refractivity contribution in [2.45, 2.75) is 6.92 Å². The number of nitrogens with zero attached hydrogens (tertiary/aromatic N) is 1. The van der Waals surface area contributed by atoms with E-state index < -0.39 is 0 Å². The van der Waals surface area contributed by atoms with Crippen LogP contribution >= 0.6 is 11.3 Å². The van der Waals surface area contributed by atoms with Crippen LogP contribution in [-0.4, -0.2) is 4.98 Å². The topological polar surface area (TPSA) is 51.6 Å². The number of H-pyrrole nitrogens is 1. The van der Waals surface area contributed by atoms with Crippen molar-refractivity contribution in [2.75, 3.05) is 5.32 Å². The van der Waals surface area contributed by atoms with Gasteiger partial charge in [-0.05, 0) is 30.0 Å². The molecular weight excluding hydrogens is 242 g/mol. The quantitative estimate of drug-likeness (QED) is 0.720. The fraction of sp³-hybridized carbons (Fsp3) is 0.0714. The Labute approximate surface area is 109 Å². The number of rotatable bonds is 2. The van der Waals surface area contributed by atoms with Crippen molar-refractivity contribution >= 4 is 33.1 Å². The number of para-hydroxylation sites is 1. The zero-order valence-corrected chi connectivity index (χ0v) is 10.6. The molecule has 0 spiro atoms. The molecule has 88 valence electrons. The van der Waals surface area contributed by atoms with Gasteiger partial charge in [-0.2, -0.15) is 5.26 Å². The molecule has 0 atom stereocenters. The SMILES string of the molecule is Cc1ccsc1Nc1[nH]c2ccccc2c1C#N. The summed E-state index contributed by atoms with van der Waals surface area (Å²) < 4.78 is 0. The molecule has 0 radical (unpaired) electrons. The van der Waals surface area contributed by atoms with E-state index in [4.69, 9.17) is 0 Å². The van der Waals surface area contributed by atoms with E-state index >= 15 is 0 Å². The van der Waals surface area contributed by atoms with Gasteiger partial charge in [0.2, 0.25) is 0 Å². The molecule has 0 saturated carbocycles. The Bertz CT molecular complexity index is 746. The highest BCUT2D eigenvalue weighted by molar-refractivity contribution is 7.14. The first-order valence-electron chi connectivity index (χ1n) is 5.61. The first-order valence-corrected chi connectivity index (χ1v) is 6.49. The van der Waals surface area contributed by atoms with E-state index in [0.717, 1.165) is 21.7 Å². The number of nitriles is 1. The number of aromatic nitrogens is 1. The van der Waals surface area contributed by atoms with E-state index in [1.807, 2.05) is 36.6 Å². The molecular formula is C14H11N3S. The van der Waals surface area contributed by atoms with Gasteiger partial charge < -0.3 is 10.3 Å². The lowest BCUT2D eigenvalue weighted by atomic mass is 10.2. The van der Waals surface area contributed by atoms with E-state index in [1.165, 1.54) is 5.56 Å². The molecule has 0 saturated heterocycles. The highest BCUT2D eigenvalue weighted by Gasteiger charge is 2.11. The molecule has 3 nitrogen and oxygen atoms in total. The van der Waals surface area contributed by atoms with E-state index in [9.17, 15) is 5.26 Å². The summed E-state index contributed by atoms with van der Waals surface area (Å²) in [6.45, 7) is 2.05. The number of aryl methyl sites for hydroxylation is 1. The Kier molecular flexibility index (Phi) is 2.54. The van der Waals surface area contributed by atoms with Crippen LogP contribution in [0.15, 0.2) is 35.7 Å². The van der Waals surface area contributed by atoms with Crippen LogP contribution in [0.4, 0.5) is 10.8 Å². The summed E-state index contributed by atoms with van der Waals surface area (Å²) in [5.74, 6) is 0.768. The summed E-state index contributed by atoms with van der Waals surface area (Å²) in [7, 11) is 0. The Balaban J connectivity index is 2.12. The van der Waals surface area contributed by atoms with E-state index in [0.29, 0.717) is 5.56 Å². The summed E-state index contributed by atoms with van der Waals surface area (Å²) in [5.41, 5.74) is 2.83. The largest absolute Gasteiger partial charge is 0.340 e. The second-order valence-corrected chi connectivity index (χ2v) is 5.01. The predicted molar refractivity (Wildman–Crippen MR) is 75.4 cm³/mol. The Morgan fingerprint density at radius 2 is 2.11 bits per heavy atom. The minimum Gasteiger partial charge on any atom is -0.340 e. The van der Waals surface area contributed by atoms with E-state index in [1.54, 1.807) is 11.3 Å². The average Bonchev–Trinajstić information content (AvgIpc) is 2.93. The van der Waals surface area contributed by atoms with Crippen LogP contribution in [0.25, 0.3) is 10.9 Å². The zero-order chi connectivity index (χ0) is 12.5. The molecule has 2 N–H and O–H groups in total. The summed E-state index contributed by atoms with van der Waals surface area (Å²) in [4.78, 5) is 3.25. The summed E-state index contributed by atoms with van der Waals surface area (Å²) >= 11 is 1.63. The minimum absolute atomic E-state index is 0.665. The predicted octanol–water partition coefficient (Wildman–Crippen LogP) is 4.15. The Hall–Kier alpha value is -2.25. The van der Waals surface area contributed by atoms with Crippen molar-refractivity contribution in [3.63, 3.8) is 0 Å². The number of thiophene rings is 1. The smallest absolute Gasteiger partial charge is 0.127 e. The van der Waals surface area contributed by atoms with Crippen LogP contribution in [-0.2, 0) is 0 Å². The van der Waals surface area contributed by atoms with Gasteiger partial charge in [-0.3, -0.25) is 0 Å².